The van der Waals surface area contributed by atoms with Crippen LogP contribution in [0.4, 0.5) is 5.69 Å². The molecule has 1 amide bonds. The molecule has 1 aliphatic heterocycles. The molecule has 0 atom stereocenters. The molecule has 0 saturated carbocycles. The number of benzene rings is 2. The van der Waals surface area contributed by atoms with E-state index < -0.39 is 0 Å². The summed E-state index contributed by atoms with van der Waals surface area (Å²) in [6.45, 7) is 6.33. The molecule has 1 heterocycles. The minimum Gasteiger partial charge on any atom is -0.505 e. The van der Waals surface area contributed by atoms with E-state index in [-0.39, 0.29) is 24.0 Å². The maximum absolute atomic E-state index is 12.5. The lowest BCUT2D eigenvalue weighted by molar-refractivity contribution is -0.123. The monoisotopic (exact) mass is 420 g/mol. The average Bonchev–Trinajstić information content (AvgIpc) is 3.01. The summed E-state index contributed by atoms with van der Waals surface area (Å²) in [5.74, 6) is -0.248. The molecule has 0 unspecified atom stereocenters. The summed E-state index contributed by atoms with van der Waals surface area (Å²) in [6, 6.07) is 11.4. The van der Waals surface area contributed by atoms with Gasteiger partial charge in [-0.1, -0.05) is 42.5 Å². The van der Waals surface area contributed by atoms with Gasteiger partial charge in [0, 0.05) is 18.7 Å². The first-order chi connectivity index (χ1) is 14.9. The normalized spacial score (nSPS) is 15.2. The highest BCUT2D eigenvalue weighted by atomic mass is 16.3. The van der Waals surface area contributed by atoms with Crippen LogP contribution in [0.2, 0.25) is 0 Å². The first-order valence-electron chi connectivity index (χ1n) is 10.3. The number of unbranched alkanes of at least 4 members (excludes halogenated alkanes) is 1. The molecular weight excluding hydrogens is 392 g/mol. The predicted molar refractivity (Wildman–Crippen MR) is 125 cm³/mol. The van der Waals surface area contributed by atoms with E-state index >= 15 is 0 Å². The molecule has 7 nitrogen and oxygen atoms in total. The third-order valence-corrected chi connectivity index (χ3v) is 5.16. The number of phenolic OH excluding ortho intramolecular Hbond substituents is 1. The number of hydrogen-bond acceptors (Lipinski definition) is 6. The van der Waals surface area contributed by atoms with E-state index in [4.69, 9.17) is 5.11 Å². The summed E-state index contributed by atoms with van der Waals surface area (Å²) in [6.07, 6.45) is 5.12. The zero-order valence-electron chi connectivity index (χ0n) is 18.1. The number of nitrogens with one attached hydrogen (secondary N) is 1. The van der Waals surface area contributed by atoms with Crippen molar-refractivity contribution in [1.29, 1.82) is 0 Å². The zero-order chi connectivity index (χ0) is 22.4. The molecule has 3 N–H and O–H groups in total. The average molecular weight is 421 g/mol. The van der Waals surface area contributed by atoms with Gasteiger partial charge in [0.15, 0.2) is 5.71 Å². The van der Waals surface area contributed by atoms with Gasteiger partial charge >= 0.3 is 0 Å². The number of aromatic hydroxyl groups is 1. The second-order valence-corrected chi connectivity index (χ2v) is 7.50. The Hall–Kier alpha value is -3.45. The number of hydrogen-bond donors (Lipinski definition) is 3. The molecule has 0 fully saturated rings. The third-order valence-electron chi connectivity index (χ3n) is 5.16. The third kappa shape index (κ3) is 5.19. The number of carbonyl (C=O) groups excluding carboxylic acids is 1. The minimum absolute atomic E-state index is 0.0502. The van der Waals surface area contributed by atoms with Crippen LogP contribution in [0.3, 0.4) is 0 Å². The molecular formula is C24H28N4O3. The van der Waals surface area contributed by atoms with Crippen molar-refractivity contribution in [3.8, 4) is 5.75 Å². The topological polar surface area (TPSA) is 97.5 Å². The van der Waals surface area contributed by atoms with E-state index in [0.717, 1.165) is 16.7 Å². The Labute approximate surface area is 182 Å². The maximum atomic E-state index is 12.5. The van der Waals surface area contributed by atoms with E-state index in [1.54, 1.807) is 13.0 Å². The van der Waals surface area contributed by atoms with Crippen LogP contribution in [0.25, 0.3) is 12.2 Å². The van der Waals surface area contributed by atoms with Gasteiger partial charge in [0.2, 0.25) is 0 Å². The molecule has 0 radical (unpaired) electrons. The fourth-order valence-corrected chi connectivity index (χ4v) is 3.37. The van der Waals surface area contributed by atoms with Crippen LogP contribution in [-0.4, -0.2) is 45.7 Å². The summed E-state index contributed by atoms with van der Waals surface area (Å²) in [7, 11) is 0. The van der Waals surface area contributed by atoms with Gasteiger partial charge in [-0.25, -0.2) is 5.01 Å². The van der Waals surface area contributed by atoms with Crippen molar-refractivity contribution in [2.45, 2.75) is 33.6 Å². The number of amides is 1. The maximum Gasteiger partial charge on any atom is 0.296 e. The molecule has 0 bridgehead atoms. The molecule has 0 saturated heterocycles. The Balaban J connectivity index is 1.76. The van der Waals surface area contributed by atoms with Gasteiger partial charge in [-0.2, -0.15) is 10.2 Å². The summed E-state index contributed by atoms with van der Waals surface area (Å²) in [5, 5.41) is 29.4. The Morgan fingerprint density at radius 1 is 1.06 bits per heavy atom. The molecule has 0 spiro atoms. The van der Waals surface area contributed by atoms with Gasteiger partial charge in [-0.3, -0.25) is 10.2 Å². The lowest BCUT2D eigenvalue weighted by Crippen LogP contribution is -2.29. The number of rotatable bonds is 8. The smallest absolute Gasteiger partial charge is 0.296 e. The number of para-hydroxylation sites is 1. The summed E-state index contributed by atoms with van der Waals surface area (Å²) in [4.78, 5) is 12.5. The van der Waals surface area contributed by atoms with Crippen molar-refractivity contribution >= 4 is 35.2 Å². The van der Waals surface area contributed by atoms with Crippen LogP contribution in [0.5, 0.6) is 5.75 Å². The molecule has 7 heteroatoms. The largest absolute Gasteiger partial charge is 0.505 e. The molecule has 0 aromatic heterocycles. The molecule has 0 aliphatic carbocycles. The van der Waals surface area contributed by atoms with E-state index in [2.05, 4.69) is 41.6 Å². The van der Waals surface area contributed by atoms with Crippen LogP contribution in [0.1, 0.15) is 42.0 Å². The molecule has 2 aromatic rings. The van der Waals surface area contributed by atoms with Crippen LogP contribution >= 0.6 is 0 Å². The fraction of sp³-hybridized carbons (Fsp3) is 0.292. The lowest BCUT2D eigenvalue weighted by atomic mass is 10.0. The SMILES string of the molecule is CC1=NN(CCCCO)C(=O)/C1=N\Nc1cccc(/C=C/c2c(C)cccc2C)c1O. The standard InChI is InChI=1S/C24H28N4O3/c1-16-8-6-9-17(2)20(16)13-12-19-10-7-11-21(23(19)30)25-26-22-18(3)27-28(24(22)31)14-4-5-15-29/h6-13,25,29-30H,4-5,14-15H2,1-3H3/b13-12+,26-22-. The summed E-state index contributed by atoms with van der Waals surface area (Å²) in [5.41, 5.74) is 7.99. The number of anilines is 1. The number of aliphatic hydroxyl groups is 1. The Bertz CT molecular complexity index is 1040. The number of aliphatic hydroxyl groups excluding tert-OH is 1. The van der Waals surface area contributed by atoms with Gasteiger partial charge in [-0.05, 0) is 56.4 Å². The molecule has 31 heavy (non-hydrogen) atoms. The number of carbonyl (C=O) groups is 1. The van der Waals surface area contributed by atoms with Crippen molar-refractivity contribution in [3.05, 3.63) is 58.7 Å². The van der Waals surface area contributed by atoms with E-state index in [1.807, 2.05) is 30.4 Å². The number of nitrogens with zero attached hydrogens (tertiary/aromatic N) is 3. The van der Waals surface area contributed by atoms with Crippen molar-refractivity contribution in [2.75, 3.05) is 18.6 Å². The highest BCUT2D eigenvalue weighted by molar-refractivity contribution is 6.68. The lowest BCUT2D eigenvalue weighted by Gasteiger charge is -2.10. The van der Waals surface area contributed by atoms with Gasteiger partial charge < -0.3 is 10.2 Å². The second-order valence-electron chi connectivity index (χ2n) is 7.50. The first-order valence-corrected chi connectivity index (χ1v) is 10.3. The second kappa shape index (κ2) is 10.0. The Morgan fingerprint density at radius 2 is 1.77 bits per heavy atom. The number of aryl methyl sites for hydroxylation is 2. The van der Waals surface area contributed by atoms with Gasteiger partial charge in [0.1, 0.15) is 5.75 Å². The summed E-state index contributed by atoms with van der Waals surface area (Å²) < 4.78 is 0. The van der Waals surface area contributed by atoms with Crippen molar-refractivity contribution < 1.29 is 15.0 Å². The highest BCUT2D eigenvalue weighted by Crippen LogP contribution is 2.29. The molecule has 2 aromatic carbocycles. The molecule has 3 rings (SSSR count). The van der Waals surface area contributed by atoms with Crippen LogP contribution < -0.4 is 5.43 Å². The van der Waals surface area contributed by atoms with Crippen LogP contribution in [0.15, 0.2) is 46.6 Å². The van der Waals surface area contributed by atoms with E-state index in [0.29, 0.717) is 36.3 Å². The predicted octanol–water partition coefficient (Wildman–Crippen LogP) is 3.94. The van der Waals surface area contributed by atoms with E-state index in [9.17, 15) is 9.90 Å². The van der Waals surface area contributed by atoms with Crippen LogP contribution in [-0.2, 0) is 4.79 Å². The minimum atomic E-state index is -0.298. The quantitative estimate of drug-likeness (QED) is 0.261. The Kier molecular flexibility index (Phi) is 7.20. The van der Waals surface area contributed by atoms with Crippen molar-refractivity contribution in [1.82, 2.24) is 5.01 Å². The van der Waals surface area contributed by atoms with Crippen LogP contribution in [0, 0.1) is 13.8 Å². The van der Waals surface area contributed by atoms with Gasteiger partial charge in [0.25, 0.3) is 5.91 Å². The molecule has 162 valence electrons. The van der Waals surface area contributed by atoms with Gasteiger partial charge in [0.05, 0.1) is 11.4 Å². The van der Waals surface area contributed by atoms with Gasteiger partial charge in [-0.15, -0.1) is 0 Å². The van der Waals surface area contributed by atoms with E-state index in [1.165, 1.54) is 5.01 Å². The highest BCUT2D eigenvalue weighted by Gasteiger charge is 2.29. The fourth-order valence-electron chi connectivity index (χ4n) is 3.37. The first kappa shape index (κ1) is 22.2. The Morgan fingerprint density at radius 3 is 2.48 bits per heavy atom. The summed E-state index contributed by atoms with van der Waals surface area (Å²) >= 11 is 0. The van der Waals surface area contributed by atoms with Crippen molar-refractivity contribution in [2.24, 2.45) is 10.2 Å². The zero-order valence-corrected chi connectivity index (χ0v) is 18.1. The van der Waals surface area contributed by atoms with Crippen molar-refractivity contribution in [3.63, 3.8) is 0 Å². The number of hydrazone groups is 2. The number of phenols is 1. The molecule has 1 aliphatic rings.